The van der Waals surface area contributed by atoms with E-state index >= 15 is 0 Å². The number of rotatable bonds is 4. The van der Waals surface area contributed by atoms with Crippen LogP contribution in [0.3, 0.4) is 0 Å². The Balaban J connectivity index is 1.32. The van der Waals surface area contributed by atoms with E-state index in [0.717, 1.165) is 43.6 Å². The summed E-state index contributed by atoms with van der Waals surface area (Å²) in [6, 6.07) is 10.7. The molecule has 3 aliphatic heterocycles. The van der Waals surface area contributed by atoms with Gasteiger partial charge in [0.2, 0.25) is 5.91 Å². The van der Waals surface area contributed by atoms with Crippen molar-refractivity contribution in [3.8, 4) is 0 Å². The van der Waals surface area contributed by atoms with Gasteiger partial charge in [0.25, 0.3) is 5.91 Å². The predicted molar refractivity (Wildman–Crippen MR) is 115 cm³/mol. The highest BCUT2D eigenvalue weighted by Gasteiger charge is 2.33. The van der Waals surface area contributed by atoms with Gasteiger partial charge in [-0.2, -0.15) is 0 Å². The molecule has 0 bridgehead atoms. The van der Waals surface area contributed by atoms with Gasteiger partial charge in [0.1, 0.15) is 18.2 Å². The Morgan fingerprint density at radius 3 is 2.97 bits per heavy atom. The lowest BCUT2D eigenvalue weighted by Crippen LogP contribution is -2.35. The molecule has 0 saturated carbocycles. The van der Waals surface area contributed by atoms with Crippen LogP contribution in [-0.2, 0) is 27.4 Å². The quantitative estimate of drug-likeness (QED) is 0.745. The van der Waals surface area contributed by atoms with Crippen molar-refractivity contribution in [1.29, 1.82) is 0 Å². The molecule has 160 valence electrons. The third-order valence-corrected chi connectivity index (χ3v) is 6.14. The average Bonchev–Trinajstić information content (AvgIpc) is 3.42. The van der Waals surface area contributed by atoms with Crippen LogP contribution in [0.5, 0.6) is 0 Å². The summed E-state index contributed by atoms with van der Waals surface area (Å²) in [5.74, 6) is -0.113. The number of nitrogens with one attached hydrogen (secondary N) is 2. The van der Waals surface area contributed by atoms with Crippen LogP contribution in [0.25, 0.3) is 11.3 Å². The number of hydrogen-bond donors (Lipinski definition) is 2. The second kappa shape index (κ2) is 7.81. The number of fused-ring (bicyclic) bond motifs is 2. The van der Waals surface area contributed by atoms with Crippen molar-refractivity contribution in [3.05, 3.63) is 64.5 Å². The zero-order valence-electron chi connectivity index (χ0n) is 17.3. The molecular weight excluding hydrogens is 397 g/mol. The molecule has 2 aromatic carbocycles. The van der Waals surface area contributed by atoms with Crippen LogP contribution >= 0.6 is 0 Å². The SMILES string of the molecule is CC(=O)NC1CCN(CCc2ccc3c(c2)COC3=C2C(=O)Nc3ccc(F)cc32)C1. The molecule has 0 aliphatic carbocycles. The molecule has 1 saturated heterocycles. The fraction of sp³-hybridized carbons (Fsp3) is 0.333. The van der Waals surface area contributed by atoms with E-state index in [4.69, 9.17) is 4.74 Å². The van der Waals surface area contributed by atoms with Crippen molar-refractivity contribution in [2.45, 2.75) is 32.4 Å². The van der Waals surface area contributed by atoms with E-state index in [1.807, 2.05) is 6.07 Å². The predicted octanol–water partition coefficient (Wildman–Crippen LogP) is 2.93. The van der Waals surface area contributed by atoms with Crippen LogP contribution in [0.1, 0.15) is 35.6 Å². The monoisotopic (exact) mass is 421 g/mol. The second-order valence-corrected chi connectivity index (χ2v) is 8.37. The van der Waals surface area contributed by atoms with Crippen molar-refractivity contribution >= 4 is 28.8 Å². The topological polar surface area (TPSA) is 70.7 Å². The van der Waals surface area contributed by atoms with Gasteiger partial charge >= 0.3 is 0 Å². The summed E-state index contributed by atoms with van der Waals surface area (Å²) >= 11 is 0. The number of carbonyl (C=O) groups is 2. The van der Waals surface area contributed by atoms with Gasteiger partial charge in [-0.15, -0.1) is 0 Å². The Morgan fingerprint density at radius 1 is 1.26 bits per heavy atom. The van der Waals surface area contributed by atoms with Crippen LogP contribution in [0.2, 0.25) is 0 Å². The highest BCUT2D eigenvalue weighted by Crippen LogP contribution is 2.41. The maximum absolute atomic E-state index is 13.8. The minimum atomic E-state index is -0.385. The number of benzene rings is 2. The number of amides is 2. The fourth-order valence-corrected chi connectivity index (χ4v) is 4.67. The lowest BCUT2D eigenvalue weighted by atomic mass is 9.98. The Labute approximate surface area is 180 Å². The van der Waals surface area contributed by atoms with Crippen LogP contribution < -0.4 is 10.6 Å². The van der Waals surface area contributed by atoms with Crippen LogP contribution in [0.4, 0.5) is 10.1 Å². The molecule has 3 aliphatic rings. The van der Waals surface area contributed by atoms with Gasteiger partial charge in [-0.25, -0.2) is 4.39 Å². The first-order valence-corrected chi connectivity index (χ1v) is 10.6. The third kappa shape index (κ3) is 3.81. The smallest absolute Gasteiger partial charge is 0.260 e. The summed E-state index contributed by atoms with van der Waals surface area (Å²) in [6.45, 7) is 4.76. The molecule has 31 heavy (non-hydrogen) atoms. The summed E-state index contributed by atoms with van der Waals surface area (Å²) in [4.78, 5) is 26.1. The van der Waals surface area contributed by atoms with Gasteiger partial charge < -0.3 is 20.3 Å². The summed E-state index contributed by atoms with van der Waals surface area (Å²) < 4.78 is 19.7. The Morgan fingerprint density at radius 2 is 2.13 bits per heavy atom. The van der Waals surface area contributed by atoms with Crippen LogP contribution in [0.15, 0.2) is 36.4 Å². The summed E-state index contributed by atoms with van der Waals surface area (Å²) in [6.07, 6.45) is 1.89. The van der Waals surface area contributed by atoms with Crippen LogP contribution in [-0.4, -0.2) is 42.4 Å². The Hall–Kier alpha value is -3.19. The number of likely N-dealkylation sites (tertiary alicyclic amines) is 1. The maximum Gasteiger partial charge on any atom is 0.260 e. The molecule has 0 spiro atoms. The molecule has 1 atom stereocenters. The average molecular weight is 421 g/mol. The van der Waals surface area contributed by atoms with E-state index < -0.39 is 0 Å². The molecule has 3 heterocycles. The minimum absolute atomic E-state index is 0.0247. The minimum Gasteiger partial charge on any atom is -0.487 e. The maximum atomic E-state index is 13.8. The van der Waals surface area contributed by atoms with E-state index in [0.29, 0.717) is 29.2 Å². The highest BCUT2D eigenvalue weighted by atomic mass is 19.1. The molecule has 2 N–H and O–H groups in total. The van der Waals surface area contributed by atoms with Crippen molar-refractivity contribution in [1.82, 2.24) is 10.2 Å². The van der Waals surface area contributed by atoms with E-state index in [-0.39, 0.29) is 23.7 Å². The van der Waals surface area contributed by atoms with E-state index in [1.165, 1.54) is 17.7 Å². The first-order valence-electron chi connectivity index (χ1n) is 10.6. The summed E-state index contributed by atoms with van der Waals surface area (Å²) in [5, 5.41) is 5.78. The molecule has 2 aromatic rings. The van der Waals surface area contributed by atoms with Gasteiger partial charge in [-0.3, -0.25) is 9.59 Å². The number of ether oxygens (including phenoxy) is 1. The third-order valence-electron chi connectivity index (χ3n) is 6.14. The zero-order valence-corrected chi connectivity index (χ0v) is 17.3. The number of anilines is 1. The summed E-state index contributed by atoms with van der Waals surface area (Å²) in [7, 11) is 0. The van der Waals surface area contributed by atoms with Gasteiger partial charge in [0.05, 0.1) is 5.57 Å². The van der Waals surface area contributed by atoms with Crippen molar-refractivity contribution in [2.24, 2.45) is 0 Å². The van der Waals surface area contributed by atoms with E-state index in [2.05, 4.69) is 27.7 Å². The Kier molecular flexibility index (Phi) is 4.98. The molecule has 6 nitrogen and oxygen atoms in total. The molecule has 1 fully saturated rings. The Bertz CT molecular complexity index is 1110. The van der Waals surface area contributed by atoms with Gasteiger partial charge in [-0.1, -0.05) is 18.2 Å². The lowest BCUT2D eigenvalue weighted by molar-refractivity contribution is -0.119. The van der Waals surface area contributed by atoms with Crippen molar-refractivity contribution in [3.63, 3.8) is 0 Å². The largest absolute Gasteiger partial charge is 0.487 e. The number of halogens is 1. The number of nitrogens with zero attached hydrogens (tertiary/aromatic N) is 1. The van der Waals surface area contributed by atoms with Crippen LogP contribution in [0, 0.1) is 5.82 Å². The number of carbonyl (C=O) groups excluding carboxylic acids is 2. The van der Waals surface area contributed by atoms with Crippen molar-refractivity contribution < 1.29 is 18.7 Å². The summed E-state index contributed by atoms with van der Waals surface area (Å²) in [5.41, 5.74) is 4.67. The first kappa shape index (κ1) is 19.8. The molecule has 7 heteroatoms. The number of hydrogen-bond acceptors (Lipinski definition) is 4. The first-order chi connectivity index (χ1) is 15.0. The van der Waals surface area contributed by atoms with E-state index in [1.54, 1.807) is 13.0 Å². The van der Waals surface area contributed by atoms with E-state index in [9.17, 15) is 14.0 Å². The normalized spacial score (nSPS) is 22.1. The second-order valence-electron chi connectivity index (χ2n) is 8.37. The van der Waals surface area contributed by atoms with Crippen molar-refractivity contribution in [2.75, 3.05) is 25.0 Å². The molecule has 5 rings (SSSR count). The lowest BCUT2D eigenvalue weighted by Gasteiger charge is -2.16. The zero-order chi connectivity index (χ0) is 21.5. The fourth-order valence-electron chi connectivity index (χ4n) is 4.67. The molecule has 0 radical (unpaired) electrons. The molecule has 2 amide bonds. The molecule has 0 aromatic heterocycles. The highest BCUT2D eigenvalue weighted by molar-refractivity contribution is 6.36. The standard InChI is InChI=1S/C24H24FN3O3/c1-14(29)26-18-7-9-28(12-18)8-6-15-2-4-19-16(10-15)13-31-23(19)22-20-11-17(25)3-5-21(20)27-24(22)30/h2-5,10-11,18H,6-9,12-13H2,1H3,(H,26,29)(H,27,30). The molecule has 1 unspecified atom stereocenters. The van der Waals surface area contributed by atoms with Gasteiger partial charge in [0.15, 0.2) is 0 Å². The van der Waals surface area contributed by atoms with Gasteiger partial charge in [-0.05, 0) is 36.6 Å². The van der Waals surface area contributed by atoms with Gasteiger partial charge in [0, 0.05) is 55.0 Å². The molecular formula is C24H24FN3O3.